The first-order valence-electron chi connectivity index (χ1n) is 4.87. The van der Waals surface area contributed by atoms with Crippen LogP contribution >= 0.6 is 0 Å². The number of piperidine rings is 1. The van der Waals surface area contributed by atoms with E-state index in [4.69, 9.17) is 0 Å². The number of nitrogens with zero attached hydrogens (tertiary/aromatic N) is 1. The molecule has 15 heavy (non-hydrogen) atoms. The maximum Gasteiger partial charge on any atom is 0.422 e. The SMILES string of the molecule is CC1CCCN(C(=O)OCC(F)(F)F)C1. The van der Waals surface area contributed by atoms with Gasteiger partial charge in [0.1, 0.15) is 0 Å². The molecule has 0 spiro atoms. The maximum atomic E-state index is 11.8. The maximum absolute atomic E-state index is 11.8. The third-order valence-corrected chi connectivity index (χ3v) is 2.27. The summed E-state index contributed by atoms with van der Waals surface area (Å²) in [5.74, 6) is 0.331. The highest BCUT2D eigenvalue weighted by atomic mass is 19.4. The van der Waals surface area contributed by atoms with Crippen LogP contribution in [0, 0.1) is 5.92 Å². The fraction of sp³-hybridized carbons (Fsp3) is 0.889. The molecule has 1 fully saturated rings. The minimum absolute atomic E-state index is 0.331. The minimum atomic E-state index is -4.45. The molecule has 0 radical (unpaired) electrons. The lowest BCUT2D eigenvalue weighted by molar-refractivity contribution is -0.162. The Morgan fingerprint density at radius 3 is 2.73 bits per heavy atom. The standard InChI is InChI=1S/C9H14F3NO2/c1-7-3-2-4-13(5-7)8(14)15-6-9(10,11)12/h7H,2-6H2,1H3. The normalized spacial score (nSPS) is 22.7. The van der Waals surface area contributed by atoms with Gasteiger partial charge in [-0.1, -0.05) is 6.92 Å². The molecule has 0 aromatic rings. The predicted molar refractivity (Wildman–Crippen MR) is 47.4 cm³/mol. The Labute approximate surface area is 86.2 Å². The van der Waals surface area contributed by atoms with Crippen molar-refractivity contribution >= 4 is 6.09 Å². The first kappa shape index (κ1) is 12.1. The predicted octanol–water partition coefficient (Wildman–Crippen LogP) is 2.42. The number of halogens is 3. The zero-order valence-electron chi connectivity index (χ0n) is 8.51. The summed E-state index contributed by atoms with van der Waals surface area (Å²) in [4.78, 5) is 12.5. The van der Waals surface area contributed by atoms with Gasteiger partial charge >= 0.3 is 12.3 Å². The van der Waals surface area contributed by atoms with E-state index >= 15 is 0 Å². The van der Waals surface area contributed by atoms with Gasteiger partial charge in [0.2, 0.25) is 0 Å². The van der Waals surface area contributed by atoms with Gasteiger partial charge in [-0.2, -0.15) is 13.2 Å². The summed E-state index contributed by atoms with van der Waals surface area (Å²) in [6.45, 7) is 1.43. The van der Waals surface area contributed by atoms with Crippen LogP contribution in [0.3, 0.4) is 0 Å². The monoisotopic (exact) mass is 225 g/mol. The molecule has 1 aliphatic rings. The zero-order valence-corrected chi connectivity index (χ0v) is 8.51. The molecule has 0 bridgehead atoms. The van der Waals surface area contributed by atoms with Crippen molar-refractivity contribution in [2.24, 2.45) is 5.92 Å². The number of carbonyl (C=O) groups excluding carboxylic acids is 1. The molecule has 0 N–H and O–H groups in total. The van der Waals surface area contributed by atoms with E-state index in [0.29, 0.717) is 19.0 Å². The molecule has 88 valence electrons. The van der Waals surface area contributed by atoms with Crippen LogP contribution in [0.5, 0.6) is 0 Å². The van der Waals surface area contributed by atoms with Gasteiger partial charge in [0.05, 0.1) is 0 Å². The van der Waals surface area contributed by atoms with Crippen molar-refractivity contribution in [3.8, 4) is 0 Å². The molecule has 0 aromatic heterocycles. The van der Waals surface area contributed by atoms with Gasteiger partial charge in [-0.3, -0.25) is 0 Å². The van der Waals surface area contributed by atoms with E-state index in [1.54, 1.807) is 0 Å². The second-order valence-electron chi connectivity index (χ2n) is 3.86. The molecule has 6 heteroatoms. The largest absolute Gasteiger partial charge is 0.440 e. The van der Waals surface area contributed by atoms with Crippen LogP contribution in [0.2, 0.25) is 0 Å². The van der Waals surface area contributed by atoms with Crippen LogP contribution < -0.4 is 0 Å². The molecule has 1 amide bonds. The van der Waals surface area contributed by atoms with E-state index in [1.165, 1.54) is 4.90 Å². The zero-order chi connectivity index (χ0) is 11.5. The molecule has 1 aliphatic heterocycles. The molecule has 0 aromatic carbocycles. The van der Waals surface area contributed by atoms with Crippen molar-refractivity contribution in [3.05, 3.63) is 0 Å². The lowest BCUT2D eigenvalue weighted by Gasteiger charge is -2.30. The highest BCUT2D eigenvalue weighted by Crippen LogP contribution is 2.18. The van der Waals surface area contributed by atoms with E-state index in [-0.39, 0.29) is 0 Å². The Bertz CT molecular complexity index is 230. The lowest BCUT2D eigenvalue weighted by Crippen LogP contribution is -2.40. The molecule has 1 saturated heterocycles. The fourth-order valence-electron chi connectivity index (χ4n) is 1.59. The topological polar surface area (TPSA) is 29.5 Å². The molecule has 1 heterocycles. The number of amides is 1. The summed E-state index contributed by atoms with van der Waals surface area (Å²) in [6, 6.07) is 0. The Hall–Kier alpha value is -0.940. The second kappa shape index (κ2) is 4.72. The Morgan fingerprint density at radius 2 is 2.20 bits per heavy atom. The van der Waals surface area contributed by atoms with E-state index < -0.39 is 18.9 Å². The summed E-state index contributed by atoms with van der Waals surface area (Å²) in [7, 11) is 0. The van der Waals surface area contributed by atoms with Gasteiger partial charge < -0.3 is 9.64 Å². The van der Waals surface area contributed by atoms with Crippen molar-refractivity contribution in [3.63, 3.8) is 0 Å². The van der Waals surface area contributed by atoms with E-state index in [9.17, 15) is 18.0 Å². The van der Waals surface area contributed by atoms with Crippen LogP contribution in [-0.2, 0) is 4.74 Å². The van der Waals surface area contributed by atoms with Crippen molar-refractivity contribution in [2.75, 3.05) is 19.7 Å². The van der Waals surface area contributed by atoms with E-state index in [1.807, 2.05) is 6.92 Å². The van der Waals surface area contributed by atoms with Gasteiger partial charge in [-0.15, -0.1) is 0 Å². The molecule has 1 rings (SSSR count). The van der Waals surface area contributed by atoms with Crippen LogP contribution in [-0.4, -0.2) is 36.9 Å². The van der Waals surface area contributed by atoms with E-state index in [0.717, 1.165) is 12.8 Å². The van der Waals surface area contributed by atoms with Gasteiger partial charge in [-0.25, -0.2) is 4.79 Å². The van der Waals surface area contributed by atoms with Gasteiger partial charge in [0.25, 0.3) is 0 Å². The van der Waals surface area contributed by atoms with Crippen LogP contribution in [0.4, 0.5) is 18.0 Å². The van der Waals surface area contributed by atoms with Crippen molar-refractivity contribution in [1.82, 2.24) is 4.90 Å². The minimum Gasteiger partial charge on any atom is -0.440 e. The average molecular weight is 225 g/mol. The van der Waals surface area contributed by atoms with E-state index in [2.05, 4.69) is 4.74 Å². The highest BCUT2D eigenvalue weighted by molar-refractivity contribution is 5.67. The summed E-state index contributed by atoms with van der Waals surface area (Å²) in [6.07, 6.45) is -3.48. The van der Waals surface area contributed by atoms with Crippen molar-refractivity contribution < 1.29 is 22.7 Å². The smallest absolute Gasteiger partial charge is 0.422 e. The molecule has 0 saturated carbocycles. The van der Waals surface area contributed by atoms with Gasteiger partial charge in [0, 0.05) is 13.1 Å². The summed E-state index contributed by atoms with van der Waals surface area (Å²) >= 11 is 0. The van der Waals surface area contributed by atoms with Crippen molar-refractivity contribution in [1.29, 1.82) is 0 Å². The third-order valence-electron chi connectivity index (χ3n) is 2.27. The molecular formula is C9H14F3NO2. The Morgan fingerprint density at radius 1 is 1.53 bits per heavy atom. The molecule has 1 atom stereocenters. The van der Waals surface area contributed by atoms with Crippen molar-refractivity contribution in [2.45, 2.75) is 25.9 Å². The van der Waals surface area contributed by atoms with Crippen LogP contribution in [0.25, 0.3) is 0 Å². The first-order chi connectivity index (χ1) is 6.88. The van der Waals surface area contributed by atoms with Gasteiger partial charge in [0.15, 0.2) is 6.61 Å². The quantitative estimate of drug-likeness (QED) is 0.685. The molecule has 1 unspecified atom stereocenters. The number of likely N-dealkylation sites (tertiary alicyclic amines) is 1. The molecular weight excluding hydrogens is 211 g/mol. The average Bonchev–Trinajstić information content (AvgIpc) is 2.13. The molecule has 0 aliphatic carbocycles. The lowest BCUT2D eigenvalue weighted by atomic mass is 10.0. The Balaban J connectivity index is 2.33. The summed E-state index contributed by atoms with van der Waals surface area (Å²) < 4.78 is 39.4. The molecule has 3 nitrogen and oxygen atoms in total. The summed E-state index contributed by atoms with van der Waals surface area (Å²) in [5, 5.41) is 0. The number of ether oxygens (including phenoxy) is 1. The number of alkyl halides is 3. The second-order valence-corrected chi connectivity index (χ2v) is 3.86. The fourth-order valence-corrected chi connectivity index (χ4v) is 1.59. The number of carbonyl (C=O) groups is 1. The first-order valence-corrected chi connectivity index (χ1v) is 4.87. The summed E-state index contributed by atoms with van der Waals surface area (Å²) in [5.41, 5.74) is 0. The van der Waals surface area contributed by atoms with Gasteiger partial charge in [-0.05, 0) is 18.8 Å². The third kappa shape index (κ3) is 4.40. The van der Waals surface area contributed by atoms with Crippen LogP contribution in [0.15, 0.2) is 0 Å². The van der Waals surface area contributed by atoms with Crippen LogP contribution in [0.1, 0.15) is 19.8 Å². The number of hydrogen-bond donors (Lipinski definition) is 0. The highest BCUT2D eigenvalue weighted by Gasteiger charge is 2.31. The Kier molecular flexibility index (Phi) is 3.82. The number of rotatable bonds is 1. The number of hydrogen-bond acceptors (Lipinski definition) is 2.